The molecule has 0 aliphatic heterocycles. The first kappa shape index (κ1) is 21.8. The first-order valence-corrected chi connectivity index (χ1v) is 10.0. The van der Waals surface area contributed by atoms with Crippen LogP contribution in [0.3, 0.4) is 0 Å². The Bertz CT molecular complexity index is 1070. The number of carbonyl (C=O) groups is 3. The largest absolute Gasteiger partial charge is 0.350 e. The summed E-state index contributed by atoms with van der Waals surface area (Å²) in [5.41, 5.74) is 4.33. The van der Waals surface area contributed by atoms with Crippen LogP contribution < -0.4 is 16.0 Å². The SMILES string of the molecule is Cc1ccc(C(=O)Nc2ccc(C(=O)NCCNC(=O)c3cccc(C)c3)cc2)cc1. The smallest absolute Gasteiger partial charge is 0.255 e. The maximum atomic E-state index is 12.3. The molecule has 3 aromatic carbocycles. The van der Waals surface area contributed by atoms with Gasteiger partial charge in [0.15, 0.2) is 0 Å². The standard InChI is InChI=1S/C25H25N3O3/c1-17-6-8-20(9-7-17)25(31)28-22-12-10-19(11-13-22)23(29)26-14-15-27-24(30)21-5-3-4-18(2)16-21/h3-13,16H,14-15H2,1-2H3,(H,26,29)(H,27,30)(H,28,31). The highest BCUT2D eigenvalue weighted by Gasteiger charge is 2.09. The van der Waals surface area contributed by atoms with Crippen molar-refractivity contribution in [1.29, 1.82) is 0 Å². The highest BCUT2D eigenvalue weighted by atomic mass is 16.2. The monoisotopic (exact) mass is 415 g/mol. The highest BCUT2D eigenvalue weighted by Crippen LogP contribution is 2.12. The number of hydrogen-bond donors (Lipinski definition) is 3. The van der Waals surface area contributed by atoms with Gasteiger partial charge in [0.25, 0.3) is 17.7 Å². The Balaban J connectivity index is 1.45. The molecule has 0 heterocycles. The Kier molecular flexibility index (Phi) is 7.17. The molecule has 0 saturated heterocycles. The summed E-state index contributed by atoms with van der Waals surface area (Å²) in [5, 5.41) is 8.36. The van der Waals surface area contributed by atoms with Crippen molar-refractivity contribution in [3.05, 3.63) is 101 Å². The van der Waals surface area contributed by atoms with Gasteiger partial charge in [0.1, 0.15) is 0 Å². The van der Waals surface area contributed by atoms with Crippen molar-refractivity contribution >= 4 is 23.4 Å². The van der Waals surface area contributed by atoms with Crippen molar-refractivity contribution in [3.63, 3.8) is 0 Å². The molecule has 3 amide bonds. The molecule has 0 aliphatic rings. The maximum absolute atomic E-state index is 12.3. The van der Waals surface area contributed by atoms with Gasteiger partial charge < -0.3 is 16.0 Å². The van der Waals surface area contributed by atoms with E-state index in [0.29, 0.717) is 35.5 Å². The third kappa shape index (κ3) is 6.27. The van der Waals surface area contributed by atoms with Gasteiger partial charge in [-0.2, -0.15) is 0 Å². The molecule has 0 aliphatic carbocycles. The van der Waals surface area contributed by atoms with Crippen molar-refractivity contribution < 1.29 is 14.4 Å². The molecule has 6 heteroatoms. The number of benzene rings is 3. The molecule has 0 aromatic heterocycles. The van der Waals surface area contributed by atoms with Gasteiger partial charge in [0, 0.05) is 35.5 Å². The third-order valence-electron chi connectivity index (χ3n) is 4.70. The molecule has 0 spiro atoms. The Labute approximate surface area is 181 Å². The zero-order chi connectivity index (χ0) is 22.2. The molecule has 0 fully saturated rings. The van der Waals surface area contributed by atoms with Gasteiger partial charge in [-0.15, -0.1) is 0 Å². The zero-order valence-corrected chi connectivity index (χ0v) is 17.6. The van der Waals surface area contributed by atoms with Crippen LogP contribution in [0.15, 0.2) is 72.8 Å². The Morgan fingerprint density at radius 1 is 0.613 bits per heavy atom. The van der Waals surface area contributed by atoms with Crippen molar-refractivity contribution in [3.8, 4) is 0 Å². The molecule has 6 nitrogen and oxygen atoms in total. The molecular formula is C25H25N3O3. The van der Waals surface area contributed by atoms with Crippen LogP contribution in [0, 0.1) is 13.8 Å². The van der Waals surface area contributed by atoms with Crippen LogP contribution in [0.2, 0.25) is 0 Å². The molecule has 0 atom stereocenters. The summed E-state index contributed by atoms with van der Waals surface area (Å²) < 4.78 is 0. The van der Waals surface area contributed by atoms with Gasteiger partial charge in [-0.25, -0.2) is 0 Å². The second kappa shape index (κ2) is 10.2. The van der Waals surface area contributed by atoms with Crippen LogP contribution in [0.4, 0.5) is 5.69 Å². The Morgan fingerprint density at radius 3 is 1.77 bits per heavy atom. The van der Waals surface area contributed by atoms with E-state index in [4.69, 9.17) is 0 Å². The first-order valence-electron chi connectivity index (χ1n) is 10.0. The van der Waals surface area contributed by atoms with Crippen LogP contribution in [0.5, 0.6) is 0 Å². The predicted molar refractivity (Wildman–Crippen MR) is 121 cm³/mol. The molecule has 3 rings (SSSR count). The average molecular weight is 415 g/mol. The van der Waals surface area contributed by atoms with E-state index in [-0.39, 0.29) is 17.7 Å². The fraction of sp³-hybridized carbons (Fsp3) is 0.160. The lowest BCUT2D eigenvalue weighted by atomic mass is 10.1. The second-order valence-electron chi connectivity index (χ2n) is 7.28. The van der Waals surface area contributed by atoms with Crippen LogP contribution in [0.1, 0.15) is 42.2 Å². The van der Waals surface area contributed by atoms with E-state index in [1.807, 2.05) is 44.2 Å². The molecule has 158 valence electrons. The molecule has 31 heavy (non-hydrogen) atoms. The van der Waals surface area contributed by atoms with Gasteiger partial charge in [-0.3, -0.25) is 14.4 Å². The van der Waals surface area contributed by atoms with E-state index in [9.17, 15) is 14.4 Å². The average Bonchev–Trinajstić information content (AvgIpc) is 2.77. The molecule has 0 bridgehead atoms. The van der Waals surface area contributed by atoms with Crippen molar-refractivity contribution in [2.24, 2.45) is 0 Å². The van der Waals surface area contributed by atoms with Gasteiger partial charge in [-0.1, -0.05) is 35.4 Å². The summed E-state index contributed by atoms with van der Waals surface area (Å²) >= 11 is 0. The van der Waals surface area contributed by atoms with Gasteiger partial charge >= 0.3 is 0 Å². The van der Waals surface area contributed by atoms with Crippen LogP contribution in [0.25, 0.3) is 0 Å². The predicted octanol–water partition coefficient (Wildman–Crippen LogP) is 3.72. The molecule has 3 N–H and O–H groups in total. The number of aryl methyl sites for hydroxylation is 2. The van der Waals surface area contributed by atoms with Crippen LogP contribution >= 0.6 is 0 Å². The molecule has 0 radical (unpaired) electrons. The van der Waals surface area contributed by atoms with Gasteiger partial charge in [0.05, 0.1) is 0 Å². The summed E-state index contributed by atoms with van der Waals surface area (Å²) in [6.45, 7) is 4.52. The lowest BCUT2D eigenvalue weighted by molar-refractivity contribution is 0.0927. The number of anilines is 1. The Morgan fingerprint density at radius 2 is 1.16 bits per heavy atom. The van der Waals surface area contributed by atoms with Crippen molar-refractivity contribution in [2.45, 2.75) is 13.8 Å². The number of carbonyl (C=O) groups excluding carboxylic acids is 3. The Hall–Kier alpha value is -3.93. The third-order valence-corrected chi connectivity index (χ3v) is 4.70. The molecule has 0 unspecified atom stereocenters. The molecule has 0 saturated carbocycles. The molecule has 3 aromatic rings. The van der Waals surface area contributed by atoms with E-state index in [1.54, 1.807) is 42.5 Å². The quantitative estimate of drug-likeness (QED) is 0.514. The fourth-order valence-electron chi connectivity index (χ4n) is 2.96. The summed E-state index contributed by atoms with van der Waals surface area (Å²) in [5.74, 6) is -0.630. The van der Waals surface area contributed by atoms with Crippen LogP contribution in [-0.2, 0) is 0 Å². The van der Waals surface area contributed by atoms with E-state index in [1.165, 1.54) is 0 Å². The minimum Gasteiger partial charge on any atom is -0.350 e. The minimum absolute atomic E-state index is 0.174. The lowest BCUT2D eigenvalue weighted by Crippen LogP contribution is -2.34. The second-order valence-corrected chi connectivity index (χ2v) is 7.28. The summed E-state index contributed by atoms with van der Waals surface area (Å²) in [4.78, 5) is 36.6. The summed E-state index contributed by atoms with van der Waals surface area (Å²) in [6, 6.07) is 21.3. The van der Waals surface area contributed by atoms with E-state index in [0.717, 1.165) is 11.1 Å². The topological polar surface area (TPSA) is 87.3 Å². The lowest BCUT2D eigenvalue weighted by Gasteiger charge is -2.09. The minimum atomic E-state index is -0.249. The number of nitrogens with one attached hydrogen (secondary N) is 3. The highest BCUT2D eigenvalue weighted by molar-refractivity contribution is 6.04. The zero-order valence-electron chi connectivity index (χ0n) is 17.6. The van der Waals surface area contributed by atoms with E-state index in [2.05, 4.69) is 16.0 Å². The van der Waals surface area contributed by atoms with Crippen LogP contribution in [-0.4, -0.2) is 30.8 Å². The van der Waals surface area contributed by atoms with E-state index >= 15 is 0 Å². The normalized spacial score (nSPS) is 10.3. The van der Waals surface area contributed by atoms with Gasteiger partial charge in [0.2, 0.25) is 0 Å². The van der Waals surface area contributed by atoms with E-state index < -0.39 is 0 Å². The summed E-state index contributed by atoms with van der Waals surface area (Å²) in [7, 11) is 0. The fourth-order valence-corrected chi connectivity index (χ4v) is 2.96. The number of amides is 3. The number of rotatable bonds is 7. The summed E-state index contributed by atoms with van der Waals surface area (Å²) in [6.07, 6.45) is 0. The molecular weight excluding hydrogens is 390 g/mol. The number of hydrogen-bond acceptors (Lipinski definition) is 3. The maximum Gasteiger partial charge on any atom is 0.255 e. The van der Waals surface area contributed by atoms with Crippen molar-refractivity contribution in [2.75, 3.05) is 18.4 Å². The van der Waals surface area contributed by atoms with Gasteiger partial charge in [-0.05, 0) is 62.4 Å². The first-order chi connectivity index (χ1) is 14.9. The van der Waals surface area contributed by atoms with Crippen molar-refractivity contribution in [1.82, 2.24) is 10.6 Å².